The zero-order valence-corrected chi connectivity index (χ0v) is 14.4. The topological polar surface area (TPSA) is 84.3 Å². The van der Waals surface area contributed by atoms with Crippen molar-refractivity contribution in [3.63, 3.8) is 0 Å². The fourth-order valence-electron chi connectivity index (χ4n) is 2.35. The monoisotopic (exact) mass is 365 g/mol. The molecule has 2 aromatic rings. The zero-order valence-electron chi connectivity index (χ0n) is 13.6. The van der Waals surface area contributed by atoms with Crippen LogP contribution >= 0.6 is 11.6 Å². The van der Waals surface area contributed by atoms with Gasteiger partial charge in [0.1, 0.15) is 0 Å². The zero-order chi connectivity index (χ0) is 18.6. The van der Waals surface area contributed by atoms with Crippen molar-refractivity contribution in [2.45, 2.75) is 25.9 Å². The van der Waals surface area contributed by atoms with Gasteiger partial charge in [0.2, 0.25) is 11.7 Å². The van der Waals surface area contributed by atoms with E-state index in [4.69, 9.17) is 11.6 Å². The lowest BCUT2D eigenvalue weighted by Crippen LogP contribution is -2.39. The fraction of sp³-hybridized carbons (Fsp3) is 0.235. The summed E-state index contributed by atoms with van der Waals surface area (Å²) in [4.78, 5) is 22.2. The standard InChI is InChI=1S/C17H17ClFN3O3/c1-10(13-5-3-4-6-14(13)18)20-11(2)17(23)21-12-7-8-15(19)16(9-12)22(24)25/h3-11,20H,1-2H3,(H,21,23)/t10-,11-/m1/s1. The SMILES string of the molecule is C[C@@H](N[C@H](C)c1ccccc1Cl)C(=O)Nc1ccc(F)c([N+](=O)[O-])c1. The second-order valence-corrected chi connectivity index (χ2v) is 5.95. The number of benzene rings is 2. The maximum atomic E-state index is 13.3. The average Bonchev–Trinajstić information content (AvgIpc) is 2.56. The van der Waals surface area contributed by atoms with Gasteiger partial charge in [-0.25, -0.2) is 0 Å². The Labute approximate surface area is 149 Å². The number of hydrogen-bond donors (Lipinski definition) is 2. The Balaban J connectivity index is 2.04. The first-order valence-corrected chi connectivity index (χ1v) is 7.92. The predicted molar refractivity (Wildman–Crippen MR) is 94.1 cm³/mol. The van der Waals surface area contributed by atoms with E-state index in [0.717, 1.165) is 17.7 Å². The molecule has 2 rings (SSSR count). The van der Waals surface area contributed by atoms with Gasteiger partial charge in [-0.05, 0) is 37.6 Å². The van der Waals surface area contributed by atoms with Gasteiger partial charge in [0.15, 0.2) is 0 Å². The Morgan fingerprint density at radius 2 is 1.92 bits per heavy atom. The number of nitrogens with one attached hydrogen (secondary N) is 2. The van der Waals surface area contributed by atoms with Crippen LogP contribution in [-0.2, 0) is 4.79 Å². The molecule has 0 fully saturated rings. The predicted octanol–water partition coefficient (Wildman–Crippen LogP) is 4.07. The number of anilines is 1. The first-order chi connectivity index (χ1) is 11.8. The summed E-state index contributed by atoms with van der Waals surface area (Å²) in [6, 6.07) is 9.69. The Morgan fingerprint density at radius 1 is 1.24 bits per heavy atom. The van der Waals surface area contributed by atoms with Crippen LogP contribution in [0.5, 0.6) is 0 Å². The summed E-state index contributed by atoms with van der Waals surface area (Å²) in [6.45, 7) is 3.52. The molecule has 2 N–H and O–H groups in total. The van der Waals surface area contributed by atoms with Crippen LogP contribution in [0.3, 0.4) is 0 Å². The van der Waals surface area contributed by atoms with Crippen molar-refractivity contribution in [2.75, 3.05) is 5.32 Å². The van der Waals surface area contributed by atoms with Crippen LogP contribution in [0, 0.1) is 15.9 Å². The number of nitrogens with zero attached hydrogens (tertiary/aromatic N) is 1. The fourth-order valence-corrected chi connectivity index (χ4v) is 2.65. The Hall–Kier alpha value is -2.51. The lowest BCUT2D eigenvalue weighted by atomic mass is 10.1. The highest BCUT2D eigenvalue weighted by Crippen LogP contribution is 2.23. The Kier molecular flexibility index (Phi) is 6.06. The molecule has 0 aliphatic carbocycles. The number of halogens is 2. The molecule has 0 radical (unpaired) electrons. The molecule has 6 nitrogen and oxygen atoms in total. The molecular formula is C17H17ClFN3O3. The minimum atomic E-state index is -0.957. The summed E-state index contributed by atoms with van der Waals surface area (Å²) in [6.07, 6.45) is 0. The largest absolute Gasteiger partial charge is 0.324 e. The molecular weight excluding hydrogens is 349 g/mol. The van der Waals surface area contributed by atoms with Crippen LogP contribution in [-0.4, -0.2) is 16.9 Å². The molecule has 8 heteroatoms. The molecule has 25 heavy (non-hydrogen) atoms. The van der Waals surface area contributed by atoms with E-state index in [1.54, 1.807) is 13.0 Å². The highest BCUT2D eigenvalue weighted by molar-refractivity contribution is 6.31. The molecule has 0 heterocycles. The minimum absolute atomic E-state index is 0.150. The third-order valence-electron chi connectivity index (χ3n) is 3.68. The summed E-state index contributed by atoms with van der Waals surface area (Å²) >= 11 is 6.13. The summed E-state index contributed by atoms with van der Waals surface area (Å²) < 4.78 is 13.3. The van der Waals surface area contributed by atoms with E-state index in [-0.39, 0.29) is 11.7 Å². The molecule has 0 unspecified atom stereocenters. The normalized spacial score (nSPS) is 13.1. The Bertz CT molecular complexity index is 800. The van der Waals surface area contributed by atoms with E-state index in [2.05, 4.69) is 10.6 Å². The van der Waals surface area contributed by atoms with Gasteiger partial charge in [-0.1, -0.05) is 29.8 Å². The summed E-state index contributed by atoms with van der Waals surface area (Å²) in [5, 5.41) is 17.0. The first kappa shape index (κ1) is 18.8. The number of carbonyl (C=O) groups is 1. The third kappa shape index (κ3) is 4.74. The van der Waals surface area contributed by atoms with E-state index in [1.165, 1.54) is 6.07 Å². The van der Waals surface area contributed by atoms with Crippen molar-refractivity contribution in [1.29, 1.82) is 0 Å². The second-order valence-electron chi connectivity index (χ2n) is 5.54. The lowest BCUT2D eigenvalue weighted by molar-refractivity contribution is -0.387. The maximum absolute atomic E-state index is 13.3. The maximum Gasteiger partial charge on any atom is 0.306 e. The molecule has 1 amide bonds. The van der Waals surface area contributed by atoms with Crippen LogP contribution in [0.15, 0.2) is 42.5 Å². The van der Waals surface area contributed by atoms with Crippen molar-refractivity contribution in [2.24, 2.45) is 0 Å². The summed E-state index contributed by atoms with van der Waals surface area (Å²) in [5.41, 5.74) is 0.307. The van der Waals surface area contributed by atoms with Crippen LogP contribution in [0.2, 0.25) is 5.02 Å². The molecule has 0 saturated carbocycles. The van der Waals surface area contributed by atoms with Gasteiger partial charge >= 0.3 is 5.69 Å². The minimum Gasteiger partial charge on any atom is -0.324 e. The number of hydrogen-bond acceptors (Lipinski definition) is 4. The Morgan fingerprint density at radius 3 is 2.56 bits per heavy atom. The number of rotatable bonds is 6. The molecule has 0 aromatic heterocycles. The number of carbonyl (C=O) groups excluding carboxylic acids is 1. The van der Waals surface area contributed by atoms with E-state index >= 15 is 0 Å². The molecule has 0 aliphatic rings. The third-order valence-corrected chi connectivity index (χ3v) is 4.02. The van der Waals surface area contributed by atoms with Gasteiger partial charge in [0.05, 0.1) is 11.0 Å². The number of amides is 1. The van der Waals surface area contributed by atoms with Crippen LogP contribution in [0.25, 0.3) is 0 Å². The molecule has 2 atom stereocenters. The summed E-state index contributed by atoms with van der Waals surface area (Å²) in [5.74, 6) is -1.36. The van der Waals surface area contributed by atoms with Gasteiger partial charge in [0, 0.05) is 22.8 Å². The van der Waals surface area contributed by atoms with Crippen molar-refractivity contribution in [3.05, 3.63) is 69.0 Å². The van der Waals surface area contributed by atoms with Gasteiger partial charge in [-0.15, -0.1) is 0 Å². The number of nitro benzene ring substituents is 1. The number of nitro groups is 1. The van der Waals surface area contributed by atoms with Crippen molar-refractivity contribution in [3.8, 4) is 0 Å². The second kappa shape index (κ2) is 8.04. The van der Waals surface area contributed by atoms with Gasteiger partial charge < -0.3 is 5.32 Å². The van der Waals surface area contributed by atoms with Gasteiger partial charge in [-0.2, -0.15) is 4.39 Å². The van der Waals surface area contributed by atoms with Crippen molar-refractivity contribution >= 4 is 28.9 Å². The van der Waals surface area contributed by atoms with Crippen molar-refractivity contribution < 1.29 is 14.1 Å². The van der Waals surface area contributed by atoms with Gasteiger partial charge in [-0.3, -0.25) is 20.2 Å². The highest BCUT2D eigenvalue weighted by Gasteiger charge is 2.20. The molecule has 2 aromatic carbocycles. The van der Waals surface area contributed by atoms with Gasteiger partial charge in [0.25, 0.3) is 0 Å². The molecule has 0 aliphatic heterocycles. The quantitative estimate of drug-likeness (QED) is 0.597. The van der Waals surface area contributed by atoms with Crippen LogP contribution in [0.1, 0.15) is 25.5 Å². The van der Waals surface area contributed by atoms with E-state index < -0.39 is 28.4 Å². The van der Waals surface area contributed by atoms with E-state index in [9.17, 15) is 19.3 Å². The van der Waals surface area contributed by atoms with E-state index in [0.29, 0.717) is 5.02 Å². The summed E-state index contributed by atoms with van der Waals surface area (Å²) in [7, 11) is 0. The first-order valence-electron chi connectivity index (χ1n) is 7.55. The van der Waals surface area contributed by atoms with Crippen molar-refractivity contribution in [1.82, 2.24) is 5.32 Å². The van der Waals surface area contributed by atoms with E-state index in [1.807, 2.05) is 25.1 Å². The smallest absolute Gasteiger partial charge is 0.306 e. The molecule has 132 valence electrons. The molecule has 0 saturated heterocycles. The van der Waals surface area contributed by atoms with Crippen LogP contribution < -0.4 is 10.6 Å². The highest BCUT2D eigenvalue weighted by atomic mass is 35.5. The lowest BCUT2D eigenvalue weighted by Gasteiger charge is -2.20. The average molecular weight is 366 g/mol. The molecule has 0 spiro atoms. The van der Waals surface area contributed by atoms with Crippen LogP contribution in [0.4, 0.5) is 15.8 Å². The molecule has 0 bridgehead atoms.